The van der Waals surface area contributed by atoms with E-state index < -0.39 is 11.2 Å². The normalized spacial score (nSPS) is 21.2. The zero-order valence-corrected chi connectivity index (χ0v) is 13.3. The predicted molar refractivity (Wildman–Crippen MR) is 86.2 cm³/mol. The third kappa shape index (κ3) is 2.52. The molecule has 0 spiro atoms. The lowest BCUT2D eigenvalue weighted by Gasteiger charge is -2.31. The van der Waals surface area contributed by atoms with Crippen LogP contribution < -0.4 is 11.2 Å². The van der Waals surface area contributed by atoms with E-state index in [2.05, 4.69) is 9.97 Å². The Hall–Kier alpha value is -2.48. The van der Waals surface area contributed by atoms with Crippen LogP contribution >= 0.6 is 0 Å². The number of H-pyrrole nitrogens is 1. The van der Waals surface area contributed by atoms with Gasteiger partial charge in [0, 0.05) is 25.3 Å². The van der Waals surface area contributed by atoms with Gasteiger partial charge in [0.1, 0.15) is 5.65 Å². The van der Waals surface area contributed by atoms with Gasteiger partial charge in [-0.05, 0) is 25.8 Å². The van der Waals surface area contributed by atoms with Crippen LogP contribution in [-0.4, -0.2) is 51.1 Å². The molecule has 1 aliphatic heterocycles. The first-order chi connectivity index (χ1) is 11.5. The molecular weight excluding hydrogens is 312 g/mol. The lowest BCUT2D eigenvalue weighted by Crippen LogP contribution is -2.44. The summed E-state index contributed by atoms with van der Waals surface area (Å²) < 4.78 is 6.96. The van der Waals surface area contributed by atoms with Crippen LogP contribution in [-0.2, 0) is 4.74 Å². The molecule has 0 unspecified atom stereocenters. The number of ether oxygens (including phenoxy) is 1. The number of carbonyl (C=O) groups is 1. The second-order valence-electron chi connectivity index (χ2n) is 6.39. The minimum Gasteiger partial charge on any atom is -0.375 e. The number of carbonyl (C=O) groups excluding carboxylic acids is 1. The van der Waals surface area contributed by atoms with Crippen molar-refractivity contribution < 1.29 is 9.53 Å². The first kappa shape index (κ1) is 15.1. The number of rotatable bonds is 2. The highest BCUT2D eigenvalue weighted by Crippen LogP contribution is 2.34. The van der Waals surface area contributed by atoms with Crippen LogP contribution in [0.4, 0.5) is 0 Å². The Kier molecular flexibility index (Phi) is 3.49. The standard InChI is InChI=1S/C16H18N4O4/c1-9-8-19(4-5-24-9)15(22)10-6-12-13(17-7-10)20(11-2-3-11)16(23)18-14(12)21/h6-7,9,11H,2-5,8H2,1H3,(H,18,21,23)/t9-/m1/s1. The monoisotopic (exact) mass is 330 g/mol. The van der Waals surface area contributed by atoms with E-state index >= 15 is 0 Å². The molecule has 2 aromatic rings. The van der Waals surface area contributed by atoms with Crippen LogP contribution in [0, 0.1) is 0 Å². The Balaban J connectivity index is 1.77. The quantitative estimate of drug-likeness (QED) is 0.853. The molecule has 2 aliphatic rings. The molecule has 8 heteroatoms. The average molecular weight is 330 g/mol. The third-order valence-electron chi connectivity index (χ3n) is 4.47. The Morgan fingerprint density at radius 2 is 2.17 bits per heavy atom. The molecule has 0 radical (unpaired) electrons. The van der Waals surface area contributed by atoms with E-state index in [0.29, 0.717) is 30.9 Å². The van der Waals surface area contributed by atoms with Crippen molar-refractivity contribution in [2.24, 2.45) is 0 Å². The Labute approximate surface area is 137 Å². The lowest BCUT2D eigenvalue weighted by molar-refractivity contribution is -0.0124. The molecule has 0 bridgehead atoms. The maximum absolute atomic E-state index is 12.6. The number of morpholine rings is 1. The van der Waals surface area contributed by atoms with Crippen molar-refractivity contribution in [3.05, 3.63) is 38.7 Å². The van der Waals surface area contributed by atoms with E-state index in [-0.39, 0.29) is 23.4 Å². The maximum Gasteiger partial charge on any atom is 0.330 e. The van der Waals surface area contributed by atoms with Gasteiger partial charge in [0.15, 0.2) is 0 Å². The zero-order chi connectivity index (χ0) is 16.8. The molecule has 0 aromatic carbocycles. The fourth-order valence-electron chi connectivity index (χ4n) is 3.11. The fraction of sp³-hybridized carbons (Fsp3) is 0.500. The van der Waals surface area contributed by atoms with Gasteiger partial charge in [-0.15, -0.1) is 0 Å². The predicted octanol–water partition coefficient (Wildman–Crippen LogP) is 0.281. The van der Waals surface area contributed by atoms with Crippen LogP contribution in [0.15, 0.2) is 21.9 Å². The van der Waals surface area contributed by atoms with Crippen molar-refractivity contribution in [2.75, 3.05) is 19.7 Å². The van der Waals surface area contributed by atoms with Gasteiger partial charge in [-0.25, -0.2) is 9.78 Å². The number of aromatic nitrogens is 3. The van der Waals surface area contributed by atoms with E-state index in [1.807, 2.05) is 6.92 Å². The van der Waals surface area contributed by atoms with Crippen molar-refractivity contribution in [1.29, 1.82) is 0 Å². The van der Waals surface area contributed by atoms with Gasteiger partial charge in [-0.1, -0.05) is 0 Å². The minimum atomic E-state index is -0.510. The number of pyridine rings is 1. The van der Waals surface area contributed by atoms with Crippen LogP contribution in [0.25, 0.3) is 11.0 Å². The van der Waals surface area contributed by atoms with E-state index in [0.717, 1.165) is 12.8 Å². The lowest BCUT2D eigenvalue weighted by atomic mass is 10.2. The van der Waals surface area contributed by atoms with E-state index in [1.165, 1.54) is 16.8 Å². The van der Waals surface area contributed by atoms with E-state index in [4.69, 9.17) is 4.74 Å². The van der Waals surface area contributed by atoms with Crippen molar-refractivity contribution in [3.63, 3.8) is 0 Å². The Bertz CT molecular complexity index is 928. The highest BCUT2D eigenvalue weighted by Gasteiger charge is 2.28. The number of aromatic amines is 1. The summed E-state index contributed by atoms with van der Waals surface area (Å²) in [5, 5.41) is 0.272. The number of hydrogen-bond acceptors (Lipinski definition) is 5. The summed E-state index contributed by atoms with van der Waals surface area (Å²) in [4.78, 5) is 45.1. The smallest absolute Gasteiger partial charge is 0.330 e. The van der Waals surface area contributed by atoms with Gasteiger partial charge in [0.05, 0.1) is 23.7 Å². The van der Waals surface area contributed by atoms with Crippen LogP contribution in [0.3, 0.4) is 0 Å². The van der Waals surface area contributed by atoms with E-state index in [9.17, 15) is 14.4 Å². The van der Waals surface area contributed by atoms with Crippen LogP contribution in [0.1, 0.15) is 36.2 Å². The average Bonchev–Trinajstić information content (AvgIpc) is 3.39. The van der Waals surface area contributed by atoms with Gasteiger partial charge < -0.3 is 9.64 Å². The molecule has 1 aliphatic carbocycles. The molecule has 1 atom stereocenters. The molecule has 3 heterocycles. The zero-order valence-electron chi connectivity index (χ0n) is 13.3. The van der Waals surface area contributed by atoms with Crippen molar-refractivity contribution in [2.45, 2.75) is 31.9 Å². The topological polar surface area (TPSA) is 97.3 Å². The third-order valence-corrected chi connectivity index (χ3v) is 4.47. The van der Waals surface area contributed by atoms with E-state index in [1.54, 1.807) is 4.90 Å². The molecule has 1 saturated carbocycles. The summed E-state index contributed by atoms with van der Waals surface area (Å²) in [5.41, 5.74) is -0.255. The van der Waals surface area contributed by atoms with Crippen LogP contribution in [0.2, 0.25) is 0 Å². The molecule has 2 aromatic heterocycles. The summed E-state index contributed by atoms with van der Waals surface area (Å²) in [6.45, 7) is 3.43. The van der Waals surface area contributed by atoms with Gasteiger partial charge in [-0.3, -0.25) is 19.1 Å². The molecule has 1 amide bonds. The molecule has 1 saturated heterocycles. The second-order valence-corrected chi connectivity index (χ2v) is 6.39. The number of nitrogens with one attached hydrogen (secondary N) is 1. The van der Waals surface area contributed by atoms with Gasteiger partial charge >= 0.3 is 5.69 Å². The van der Waals surface area contributed by atoms with Crippen molar-refractivity contribution in [1.82, 2.24) is 19.4 Å². The molecule has 2 fully saturated rings. The highest BCUT2D eigenvalue weighted by atomic mass is 16.5. The van der Waals surface area contributed by atoms with Gasteiger partial charge in [0.25, 0.3) is 11.5 Å². The number of amides is 1. The second kappa shape index (κ2) is 5.55. The first-order valence-electron chi connectivity index (χ1n) is 8.10. The fourth-order valence-corrected chi connectivity index (χ4v) is 3.11. The number of hydrogen-bond donors (Lipinski definition) is 1. The van der Waals surface area contributed by atoms with Crippen molar-refractivity contribution in [3.8, 4) is 0 Å². The number of fused-ring (bicyclic) bond motifs is 1. The summed E-state index contributed by atoms with van der Waals surface area (Å²) in [7, 11) is 0. The van der Waals surface area contributed by atoms with Crippen molar-refractivity contribution >= 4 is 16.9 Å². The first-order valence-corrected chi connectivity index (χ1v) is 8.10. The molecule has 24 heavy (non-hydrogen) atoms. The summed E-state index contributed by atoms with van der Waals surface area (Å²) in [6, 6.07) is 1.62. The summed E-state index contributed by atoms with van der Waals surface area (Å²) in [6.07, 6.45) is 3.23. The SMILES string of the molecule is C[C@@H]1CN(C(=O)c2cnc3c(c2)c(=O)[nH]c(=O)n3C2CC2)CCO1. The maximum atomic E-state index is 12.6. The number of nitrogens with zero attached hydrogens (tertiary/aromatic N) is 3. The molecular formula is C16H18N4O4. The molecule has 8 nitrogen and oxygen atoms in total. The molecule has 1 N–H and O–H groups in total. The summed E-state index contributed by atoms with van der Waals surface area (Å²) >= 11 is 0. The Morgan fingerprint density at radius 1 is 1.38 bits per heavy atom. The molecule has 4 rings (SSSR count). The van der Waals surface area contributed by atoms with Gasteiger partial charge in [-0.2, -0.15) is 0 Å². The summed E-state index contributed by atoms with van der Waals surface area (Å²) in [5.74, 6) is -0.178. The highest BCUT2D eigenvalue weighted by molar-refractivity contribution is 5.96. The minimum absolute atomic E-state index is 0.0143. The Morgan fingerprint density at radius 3 is 2.88 bits per heavy atom. The molecule has 126 valence electrons. The largest absolute Gasteiger partial charge is 0.375 e. The van der Waals surface area contributed by atoms with Crippen LogP contribution in [0.5, 0.6) is 0 Å². The van der Waals surface area contributed by atoms with Gasteiger partial charge in [0.2, 0.25) is 0 Å².